The van der Waals surface area contributed by atoms with Gasteiger partial charge in [0, 0.05) is 23.8 Å². The molecule has 0 radical (unpaired) electrons. The first kappa shape index (κ1) is 14.0. The standard InChI is InChI=1S/C17H21N3O/c1-12-15(10-13-11-18-9-8-16(13)19-12)17(21)20-14-6-4-2-3-5-7-14/h8-11,14H,2-7H2,1H3,(H,20,21). The highest BCUT2D eigenvalue weighted by atomic mass is 16.1. The highest BCUT2D eigenvalue weighted by Crippen LogP contribution is 2.19. The molecule has 1 amide bonds. The van der Waals surface area contributed by atoms with Crippen LogP contribution in [0.2, 0.25) is 0 Å². The van der Waals surface area contributed by atoms with Crippen LogP contribution in [-0.4, -0.2) is 21.9 Å². The molecule has 1 saturated carbocycles. The van der Waals surface area contributed by atoms with Gasteiger partial charge in [-0.15, -0.1) is 0 Å². The summed E-state index contributed by atoms with van der Waals surface area (Å²) in [6.07, 6.45) is 10.7. The van der Waals surface area contributed by atoms with Crippen LogP contribution >= 0.6 is 0 Å². The van der Waals surface area contributed by atoms with E-state index in [1.54, 1.807) is 12.4 Å². The van der Waals surface area contributed by atoms with Crippen molar-refractivity contribution in [2.45, 2.75) is 51.5 Å². The Kier molecular flexibility index (Phi) is 4.13. The molecular formula is C17H21N3O. The third-order valence-corrected chi connectivity index (χ3v) is 4.24. The smallest absolute Gasteiger partial charge is 0.253 e. The Bertz CT molecular complexity index is 646. The molecule has 2 aromatic heterocycles. The molecule has 21 heavy (non-hydrogen) atoms. The predicted octanol–water partition coefficient (Wildman–Crippen LogP) is 3.39. The zero-order valence-electron chi connectivity index (χ0n) is 12.4. The number of hydrogen-bond acceptors (Lipinski definition) is 3. The minimum atomic E-state index is -0.00217. The van der Waals surface area contributed by atoms with E-state index in [1.165, 1.54) is 25.7 Å². The summed E-state index contributed by atoms with van der Waals surface area (Å²) in [5.41, 5.74) is 2.33. The Morgan fingerprint density at radius 3 is 2.76 bits per heavy atom. The molecule has 0 spiro atoms. The summed E-state index contributed by atoms with van der Waals surface area (Å²) in [6.45, 7) is 1.89. The number of carbonyl (C=O) groups is 1. The zero-order chi connectivity index (χ0) is 14.7. The van der Waals surface area contributed by atoms with Gasteiger partial charge in [0.15, 0.2) is 0 Å². The Balaban J connectivity index is 1.81. The van der Waals surface area contributed by atoms with Crippen LogP contribution in [0.15, 0.2) is 24.5 Å². The maximum atomic E-state index is 12.5. The number of amides is 1. The van der Waals surface area contributed by atoms with E-state index in [-0.39, 0.29) is 5.91 Å². The van der Waals surface area contributed by atoms with Crippen LogP contribution < -0.4 is 5.32 Å². The van der Waals surface area contributed by atoms with E-state index in [1.807, 2.05) is 19.1 Å². The minimum Gasteiger partial charge on any atom is -0.349 e. The van der Waals surface area contributed by atoms with Gasteiger partial charge in [0.2, 0.25) is 0 Å². The van der Waals surface area contributed by atoms with Crippen molar-refractivity contribution in [1.82, 2.24) is 15.3 Å². The molecule has 0 aliphatic heterocycles. The molecule has 2 heterocycles. The third-order valence-electron chi connectivity index (χ3n) is 4.24. The summed E-state index contributed by atoms with van der Waals surface area (Å²) < 4.78 is 0. The highest BCUT2D eigenvalue weighted by Gasteiger charge is 2.17. The van der Waals surface area contributed by atoms with Crippen molar-refractivity contribution in [3.05, 3.63) is 35.8 Å². The van der Waals surface area contributed by atoms with Crippen LogP contribution in [0.25, 0.3) is 10.9 Å². The van der Waals surface area contributed by atoms with Crippen molar-refractivity contribution in [2.24, 2.45) is 0 Å². The molecule has 1 aliphatic rings. The van der Waals surface area contributed by atoms with Crippen LogP contribution in [0, 0.1) is 6.92 Å². The van der Waals surface area contributed by atoms with E-state index in [4.69, 9.17) is 0 Å². The third kappa shape index (κ3) is 3.20. The molecule has 0 aromatic carbocycles. The summed E-state index contributed by atoms with van der Waals surface area (Å²) in [4.78, 5) is 21.1. The first-order valence-corrected chi connectivity index (χ1v) is 7.76. The van der Waals surface area contributed by atoms with Crippen LogP contribution in [0.3, 0.4) is 0 Å². The average Bonchev–Trinajstić information content (AvgIpc) is 2.75. The molecule has 0 bridgehead atoms. The lowest BCUT2D eigenvalue weighted by Crippen LogP contribution is -2.34. The number of aryl methyl sites for hydroxylation is 1. The maximum Gasteiger partial charge on any atom is 0.253 e. The normalized spacial score (nSPS) is 16.6. The van der Waals surface area contributed by atoms with Crippen LogP contribution in [-0.2, 0) is 0 Å². The first-order chi connectivity index (χ1) is 10.2. The summed E-state index contributed by atoms with van der Waals surface area (Å²) in [5.74, 6) is -0.00217. The Hall–Kier alpha value is -1.97. The highest BCUT2D eigenvalue weighted by molar-refractivity contribution is 5.98. The quantitative estimate of drug-likeness (QED) is 0.859. The largest absolute Gasteiger partial charge is 0.349 e. The lowest BCUT2D eigenvalue weighted by molar-refractivity contribution is 0.0932. The van der Waals surface area contributed by atoms with Gasteiger partial charge in [0.1, 0.15) is 0 Å². The van der Waals surface area contributed by atoms with Gasteiger partial charge in [-0.25, -0.2) is 0 Å². The molecule has 1 aliphatic carbocycles. The minimum absolute atomic E-state index is 0.00217. The average molecular weight is 283 g/mol. The Morgan fingerprint density at radius 1 is 1.24 bits per heavy atom. The predicted molar refractivity (Wildman–Crippen MR) is 83.2 cm³/mol. The second-order valence-electron chi connectivity index (χ2n) is 5.85. The monoisotopic (exact) mass is 283 g/mol. The van der Waals surface area contributed by atoms with Crippen molar-refractivity contribution < 1.29 is 4.79 Å². The molecule has 4 heteroatoms. The summed E-state index contributed by atoms with van der Waals surface area (Å²) in [7, 11) is 0. The molecule has 0 unspecified atom stereocenters. The van der Waals surface area contributed by atoms with Crippen molar-refractivity contribution in [2.75, 3.05) is 0 Å². The number of rotatable bonds is 2. The van der Waals surface area contributed by atoms with Gasteiger partial charge >= 0.3 is 0 Å². The van der Waals surface area contributed by atoms with E-state index >= 15 is 0 Å². The van der Waals surface area contributed by atoms with Crippen molar-refractivity contribution in [1.29, 1.82) is 0 Å². The second-order valence-corrected chi connectivity index (χ2v) is 5.85. The Morgan fingerprint density at radius 2 is 2.00 bits per heavy atom. The number of pyridine rings is 2. The SMILES string of the molecule is Cc1nc2ccncc2cc1C(=O)NC1CCCCCC1. The maximum absolute atomic E-state index is 12.5. The van der Waals surface area contributed by atoms with Crippen molar-refractivity contribution in [3.8, 4) is 0 Å². The van der Waals surface area contributed by atoms with E-state index in [2.05, 4.69) is 15.3 Å². The van der Waals surface area contributed by atoms with Gasteiger partial charge in [0.25, 0.3) is 5.91 Å². The van der Waals surface area contributed by atoms with Crippen LogP contribution in [0.5, 0.6) is 0 Å². The molecule has 3 rings (SSSR count). The zero-order valence-corrected chi connectivity index (χ0v) is 12.4. The molecular weight excluding hydrogens is 262 g/mol. The van der Waals surface area contributed by atoms with Gasteiger partial charge in [-0.1, -0.05) is 25.7 Å². The van der Waals surface area contributed by atoms with Gasteiger partial charge < -0.3 is 5.32 Å². The molecule has 0 saturated heterocycles. The lowest BCUT2D eigenvalue weighted by Gasteiger charge is -2.17. The van der Waals surface area contributed by atoms with E-state index in [0.717, 1.165) is 29.4 Å². The topological polar surface area (TPSA) is 54.9 Å². The van der Waals surface area contributed by atoms with Gasteiger partial charge in [-0.05, 0) is 31.9 Å². The molecule has 1 fully saturated rings. The van der Waals surface area contributed by atoms with Gasteiger partial charge in [-0.2, -0.15) is 0 Å². The van der Waals surface area contributed by atoms with E-state index < -0.39 is 0 Å². The van der Waals surface area contributed by atoms with Crippen LogP contribution in [0.4, 0.5) is 0 Å². The molecule has 110 valence electrons. The summed E-state index contributed by atoms with van der Waals surface area (Å²) in [5, 5.41) is 4.09. The summed E-state index contributed by atoms with van der Waals surface area (Å²) >= 11 is 0. The molecule has 1 N–H and O–H groups in total. The second kappa shape index (κ2) is 6.20. The fourth-order valence-corrected chi connectivity index (χ4v) is 3.03. The van der Waals surface area contributed by atoms with Crippen molar-refractivity contribution >= 4 is 16.8 Å². The lowest BCUT2D eigenvalue weighted by atomic mass is 10.1. The molecule has 2 aromatic rings. The number of nitrogens with one attached hydrogen (secondary N) is 1. The number of nitrogens with zero attached hydrogens (tertiary/aromatic N) is 2. The van der Waals surface area contributed by atoms with Crippen molar-refractivity contribution in [3.63, 3.8) is 0 Å². The van der Waals surface area contributed by atoms with E-state index in [9.17, 15) is 4.79 Å². The van der Waals surface area contributed by atoms with Crippen LogP contribution in [0.1, 0.15) is 54.6 Å². The number of hydrogen-bond donors (Lipinski definition) is 1. The number of aromatic nitrogens is 2. The number of carbonyl (C=O) groups excluding carboxylic acids is 1. The summed E-state index contributed by atoms with van der Waals surface area (Å²) in [6, 6.07) is 4.08. The van der Waals surface area contributed by atoms with Gasteiger partial charge in [0.05, 0.1) is 16.8 Å². The van der Waals surface area contributed by atoms with E-state index in [0.29, 0.717) is 11.6 Å². The molecule has 4 nitrogen and oxygen atoms in total. The fourth-order valence-electron chi connectivity index (χ4n) is 3.03. The molecule has 0 atom stereocenters. The fraction of sp³-hybridized carbons (Fsp3) is 0.471. The first-order valence-electron chi connectivity index (χ1n) is 7.76. The number of fused-ring (bicyclic) bond motifs is 1. The van der Waals surface area contributed by atoms with Gasteiger partial charge in [-0.3, -0.25) is 14.8 Å². The Labute approximate surface area is 125 Å².